The molecule has 1 heterocycles. The molecule has 1 aromatic heterocycles. The third-order valence-electron chi connectivity index (χ3n) is 3.20. The van der Waals surface area contributed by atoms with E-state index in [-0.39, 0.29) is 10.7 Å². The Labute approximate surface area is 131 Å². The summed E-state index contributed by atoms with van der Waals surface area (Å²) < 4.78 is 44.4. The van der Waals surface area contributed by atoms with E-state index in [1.54, 1.807) is 28.8 Å². The highest BCUT2D eigenvalue weighted by atomic mass is 32.2. The molecule has 4 nitrogen and oxygen atoms in total. The van der Waals surface area contributed by atoms with Crippen LogP contribution in [0.4, 0.5) is 4.39 Å². The van der Waals surface area contributed by atoms with Crippen LogP contribution in [-0.4, -0.2) is 13.0 Å². The number of fused-ring (bicyclic) bond motifs is 1. The topological polar surface area (TPSA) is 51.4 Å². The lowest BCUT2D eigenvalue weighted by Gasteiger charge is -2.01. The molecule has 2 aromatic carbocycles. The molecule has 0 aliphatic heterocycles. The summed E-state index contributed by atoms with van der Waals surface area (Å²) in [6.45, 7) is 2.44. The minimum absolute atomic E-state index is 0.140. The fraction of sp³-hybridized carbons (Fsp3) is 0.133. The van der Waals surface area contributed by atoms with E-state index in [9.17, 15) is 12.8 Å². The molecule has 3 rings (SSSR count). The van der Waals surface area contributed by atoms with Crippen molar-refractivity contribution in [1.29, 1.82) is 0 Å². The average Bonchev–Trinajstić information content (AvgIpc) is 2.83. The van der Waals surface area contributed by atoms with Gasteiger partial charge in [-0.25, -0.2) is 4.39 Å². The van der Waals surface area contributed by atoms with Gasteiger partial charge < -0.3 is 4.57 Å². The van der Waals surface area contributed by atoms with Crippen molar-refractivity contribution in [2.24, 2.45) is 4.40 Å². The fourth-order valence-corrected chi connectivity index (χ4v) is 4.51. The second-order valence-corrected chi connectivity index (χ2v) is 7.23. The summed E-state index contributed by atoms with van der Waals surface area (Å²) in [6.07, 6.45) is 0. The van der Waals surface area contributed by atoms with Gasteiger partial charge in [0.1, 0.15) is 5.82 Å². The van der Waals surface area contributed by atoms with E-state index in [0.29, 0.717) is 16.0 Å². The van der Waals surface area contributed by atoms with Crippen LogP contribution in [0.2, 0.25) is 0 Å². The van der Waals surface area contributed by atoms with Crippen LogP contribution in [0.15, 0.2) is 57.8 Å². The Hall–Kier alpha value is -1.99. The summed E-state index contributed by atoms with van der Waals surface area (Å²) in [6, 6.07) is 12.4. The molecule has 0 spiro atoms. The molecule has 7 heteroatoms. The van der Waals surface area contributed by atoms with Gasteiger partial charge in [-0.1, -0.05) is 29.5 Å². The van der Waals surface area contributed by atoms with E-state index in [0.717, 1.165) is 16.9 Å². The van der Waals surface area contributed by atoms with E-state index < -0.39 is 10.0 Å². The molecule has 114 valence electrons. The Balaban J connectivity index is 2.25. The molecular formula is C15H13FN2O2S2. The average molecular weight is 336 g/mol. The molecule has 0 radical (unpaired) electrons. The van der Waals surface area contributed by atoms with Gasteiger partial charge in [0.15, 0.2) is 0 Å². The number of rotatable bonds is 3. The lowest BCUT2D eigenvalue weighted by atomic mass is 10.3. The van der Waals surface area contributed by atoms with Gasteiger partial charge in [0.25, 0.3) is 10.0 Å². The van der Waals surface area contributed by atoms with Crippen molar-refractivity contribution in [2.75, 3.05) is 0 Å². The van der Waals surface area contributed by atoms with E-state index >= 15 is 0 Å². The van der Waals surface area contributed by atoms with Crippen molar-refractivity contribution in [3.8, 4) is 0 Å². The Bertz CT molecular complexity index is 989. The Morgan fingerprint density at radius 3 is 2.59 bits per heavy atom. The van der Waals surface area contributed by atoms with Gasteiger partial charge in [0, 0.05) is 6.54 Å². The Morgan fingerprint density at radius 2 is 1.91 bits per heavy atom. The van der Waals surface area contributed by atoms with Gasteiger partial charge in [-0.05, 0) is 37.3 Å². The van der Waals surface area contributed by atoms with Crippen LogP contribution in [0, 0.1) is 5.82 Å². The highest BCUT2D eigenvalue weighted by Crippen LogP contribution is 2.19. The number of nitrogens with zero attached hydrogens (tertiary/aromatic N) is 2. The maximum absolute atomic E-state index is 13.3. The second-order valence-electron chi connectivity index (χ2n) is 4.62. The van der Waals surface area contributed by atoms with E-state index in [2.05, 4.69) is 4.40 Å². The molecule has 0 unspecified atom stereocenters. The largest absolute Gasteiger partial charge is 0.316 e. The smallest absolute Gasteiger partial charge is 0.285 e. The zero-order valence-electron chi connectivity index (χ0n) is 11.7. The number of sulfonamides is 1. The molecule has 0 saturated carbocycles. The third-order valence-corrected chi connectivity index (χ3v) is 5.64. The molecule has 0 atom stereocenters. The van der Waals surface area contributed by atoms with Crippen LogP contribution in [0.3, 0.4) is 0 Å². The van der Waals surface area contributed by atoms with Gasteiger partial charge in [-0.3, -0.25) is 0 Å². The molecule has 0 N–H and O–H groups in total. The summed E-state index contributed by atoms with van der Waals surface area (Å²) in [5.41, 5.74) is 0.774. The van der Waals surface area contributed by atoms with Crippen molar-refractivity contribution >= 4 is 31.6 Å². The SMILES string of the molecule is CCn1/c(=N/S(=O)(=O)c2ccccc2)sc2cc(F)ccc21. The minimum Gasteiger partial charge on any atom is -0.316 e. The number of benzene rings is 2. The maximum Gasteiger partial charge on any atom is 0.285 e. The van der Waals surface area contributed by atoms with Crippen LogP contribution in [0.5, 0.6) is 0 Å². The number of halogens is 1. The predicted octanol–water partition coefficient (Wildman–Crippen LogP) is 3.15. The zero-order chi connectivity index (χ0) is 15.7. The molecule has 0 bridgehead atoms. The molecular weight excluding hydrogens is 323 g/mol. The minimum atomic E-state index is -3.78. The molecule has 0 fully saturated rings. The number of aryl methyl sites for hydroxylation is 1. The first kappa shape index (κ1) is 14.9. The van der Waals surface area contributed by atoms with Crippen LogP contribution >= 0.6 is 11.3 Å². The first-order valence-electron chi connectivity index (χ1n) is 6.66. The summed E-state index contributed by atoms with van der Waals surface area (Å²) in [5, 5.41) is 0. The standard InChI is InChI=1S/C15H13FN2O2S2/c1-2-18-13-9-8-11(16)10-14(13)21-15(18)17-22(19,20)12-6-4-3-5-7-12/h3-10H,2H2,1H3/b17-15-. The van der Waals surface area contributed by atoms with Crippen molar-refractivity contribution in [1.82, 2.24) is 4.57 Å². The first-order valence-corrected chi connectivity index (χ1v) is 8.92. The van der Waals surface area contributed by atoms with Crippen molar-refractivity contribution in [3.05, 3.63) is 59.1 Å². The van der Waals surface area contributed by atoms with Crippen molar-refractivity contribution in [2.45, 2.75) is 18.4 Å². The van der Waals surface area contributed by atoms with Gasteiger partial charge in [0.05, 0.1) is 15.1 Å². The quantitative estimate of drug-likeness (QED) is 0.738. The number of thiazole rings is 1. The first-order chi connectivity index (χ1) is 10.5. The van der Waals surface area contributed by atoms with Gasteiger partial charge in [0.2, 0.25) is 4.80 Å². The summed E-state index contributed by atoms with van der Waals surface area (Å²) in [5.74, 6) is -0.352. The summed E-state index contributed by atoms with van der Waals surface area (Å²) in [7, 11) is -3.78. The molecule has 3 aromatic rings. The highest BCUT2D eigenvalue weighted by molar-refractivity contribution is 7.90. The monoisotopic (exact) mass is 336 g/mol. The summed E-state index contributed by atoms with van der Waals surface area (Å²) >= 11 is 1.16. The van der Waals surface area contributed by atoms with Crippen LogP contribution in [0.25, 0.3) is 10.2 Å². The summed E-state index contributed by atoms with van der Waals surface area (Å²) in [4.78, 5) is 0.480. The Kier molecular flexibility index (Phi) is 3.84. The van der Waals surface area contributed by atoms with E-state index in [1.807, 2.05) is 6.92 Å². The Morgan fingerprint density at radius 1 is 1.18 bits per heavy atom. The second kappa shape index (κ2) is 5.66. The van der Waals surface area contributed by atoms with Gasteiger partial charge >= 0.3 is 0 Å². The van der Waals surface area contributed by atoms with Crippen molar-refractivity contribution < 1.29 is 12.8 Å². The lowest BCUT2D eigenvalue weighted by Crippen LogP contribution is -2.16. The molecule has 0 aliphatic rings. The maximum atomic E-state index is 13.3. The van der Waals surface area contributed by atoms with Crippen LogP contribution < -0.4 is 4.80 Å². The number of hydrogen-bond acceptors (Lipinski definition) is 3. The number of aromatic nitrogens is 1. The zero-order valence-corrected chi connectivity index (χ0v) is 13.4. The predicted molar refractivity (Wildman–Crippen MR) is 84.6 cm³/mol. The fourth-order valence-electron chi connectivity index (χ4n) is 2.17. The van der Waals surface area contributed by atoms with E-state index in [1.165, 1.54) is 24.3 Å². The number of hydrogen-bond donors (Lipinski definition) is 0. The molecule has 22 heavy (non-hydrogen) atoms. The molecule has 0 aliphatic carbocycles. The van der Waals surface area contributed by atoms with Gasteiger partial charge in [-0.15, -0.1) is 4.40 Å². The molecule has 0 saturated heterocycles. The lowest BCUT2D eigenvalue weighted by molar-refractivity contribution is 0.595. The van der Waals surface area contributed by atoms with Crippen LogP contribution in [-0.2, 0) is 16.6 Å². The van der Waals surface area contributed by atoms with E-state index in [4.69, 9.17) is 0 Å². The van der Waals surface area contributed by atoms with Gasteiger partial charge in [-0.2, -0.15) is 8.42 Å². The molecule has 0 amide bonds. The normalized spacial score (nSPS) is 12.9. The highest BCUT2D eigenvalue weighted by Gasteiger charge is 2.14. The van der Waals surface area contributed by atoms with Crippen molar-refractivity contribution in [3.63, 3.8) is 0 Å². The van der Waals surface area contributed by atoms with Crippen LogP contribution in [0.1, 0.15) is 6.92 Å². The third kappa shape index (κ3) is 2.69.